The van der Waals surface area contributed by atoms with Crippen LogP contribution >= 0.6 is 0 Å². The summed E-state index contributed by atoms with van der Waals surface area (Å²) in [6, 6.07) is 3.52. The van der Waals surface area contributed by atoms with Crippen molar-refractivity contribution in [1.82, 2.24) is 20.0 Å². The smallest absolute Gasteiger partial charge is 0.278 e. The summed E-state index contributed by atoms with van der Waals surface area (Å²) < 4.78 is 10.9. The molecule has 0 spiro atoms. The van der Waals surface area contributed by atoms with E-state index in [-0.39, 0.29) is 6.10 Å². The Morgan fingerprint density at radius 2 is 2.40 bits per heavy atom. The van der Waals surface area contributed by atoms with Gasteiger partial charge in [-0.05, 0) is 18.7 Å². The number of hydrogen-bond donors (Lipinski definition) is 1. The van der Waals surface area contributed by atoms with Crippen LogP contribution in [0.2, 0.25) is 0 Å². The maximum Gasteiger partial charge on any atom is 0.278 e. The molecule has 20 heavy (non-hydrogen) atoms. The Morgan fingerprint density at radius 1 is 1.50 bits per heavy atom. The summed E-state index contributed by atoms with van der Waals surface area (Å²) in [5.41, 5.74) is 6.88. The first-order valence-corrected chi connectivity index (χ1v) is 6.66. The Kier molecular flexibility index (Phi) is 3.62. The maximum absolute atomic E-state index is 5.85. The molecule has 1 aliphatic rings. The third kappa shape index (κ3) is 2.50. The normalized spacial score (nSPS) is 20.1. The number of nitrogens with zero attached hydrogens (tertiary/aromatic N) is 4. The van der Waals surface area contributed by atoms with Crippen LogP contribution in [0, 0.1) is 0 Å². The second-order valence-electron chi connectivity index (χ2n) is 4.65. The minimum Gasteiger partial charge on any atom is -0.397 e. The summed E-state index contributed by atoms with van der Waals surface area (Å²) in [7, 11) is 0. The minimum absolute atomic E-state index is 0.161. The highest BCUT2D eigenvalue weighted by Gasteiger charge is 2.26. The predicted octanol–water partition coefficient (Wildman–Crippen LogP) is 1.11. The average Bonchev–Trinajstić information content (AvgIpc) is 2.97. The fourth-order valence-corrected chi connectivity index (χ4v) is 2.20. The molecule has 1 unspecified atom stereocenters. The molecule has 2 N–H and O–H groups in total. The summed E-state index contributed by atoms with van der Waals surface area (Å²) in [6.45, 7) is 5.49. The molecule has 3 rings (SSSR count). The van der Waals surface area contributed by atoms with E-state index in [1.165, 1.54) is 0 Å². The second kappa shape index (κ2) is 5.56. The Bertz CT molecular complexity index is 586. The van der Waals surface area contributed by atoms with Crippen LogP contribution in [0.25, 0.3) is 11.6 Å². The number of aromatic nitrogens is 3. The molecular formula is C13H17N5O2. The zero-order valence-corrected chi connectivity index (χ0v) is 11.3. The standard InChI is InChI=1S/C13H17N5O2/c1-2-18-6-7-19-10(8-18)12-16-13(20-17-12)11-9(14)4-3-5-15-11/h3-5,10H,2,6-8,14H2,1H3. The molecule has 0 aromatic carbocycles. The number of ether oxygens (including phenoxy) is 1. The Balaban J connectivity index is 1.82. The lowest BCUT2D eigenvalue weighted by Crippen LogP contribution is -2.38. The summed E-state index contributed by atoms with van der Waals surface area (Å²) >= 11 is 0. The summed E-state index contributed by atoms with van der Waals surface area (Å²) in [4.78, 5) is 10.8. The van der Waals surface area contributed by atoms with Crippen molar-refractivity contribution in [3.8, 4) is 11.6 Å². The van der Waals surface area contributed by atoms with Crippen LogP contribution < -0.4 is 5.73 Å². The van der Waals surface area contributed by atoms with Gasteiger partial charge in [-0.2, -0.15) is 4.98 Å². The number of nitrogen functional groups attached to an aromatic ring is 1. The zero-order chi connectivity index (χ0) is 13.9. The number of anilines is 1. The van der Waals surface area contributed by atoms with Gasteiger partial charge >= 0.3 is 0 Å². The van der Waals surface area contributed by atoms with Gasteiger partial charge in [-0.3, -0.25) is 4.90 Å². The lowest BCUT2D eigenvalue weighted by molar-refractivity contribution is -0.0334. The van der Waals surface area contributed by atoms with Crippen molar-refractivity contribution in [1.29, 1.82) is 0 Å². The number of hydrogen-bond acceptors (Lipinski definition) is 7. The van der Waals surface area contributed by atoms with Gasteiger partial charge in [0.2, 0.25) is 5.82 Å². The molecule has 1 aliphatic heterocycles. The lowest BCUT2D eigenvalue weighted by atomic mass is 10.2. The molecule has 2 aromatic rings. The van der Waals surface area contributed by atoms with E-state index in [1.54, 1.807) is 18.3 Å². The Hall–Kier alpha value is -1.99. The van der Waals surface area contributed by atoms with Gasteiger partial charge in [-0.1, -0.05) is 12.1 Å². The molecule has 7 heteroatoms. The van der Waals surface area contributed by atoms with Crippen LogP contribution in [0.3, 0.4) is 0 Å². The van der Waals surface area contributed by atoms with E-state index >= 15 is 0 Å². The van der Waals surface area contributed by atoms with Crippen molar-refractivity contribution in [2.75, 3.05) is 32.0 Å². The highest BCUT2D eigenvalue weighted by Crippen LogP contribution is 2.25. The molecular weight excluding hydrogens is 258 g/mol. The number of nitrogens with two attached hydrogens (primary N) is 1. The fourth-order valence-electron chi connectivity index (χ4n) is 2.20. The van der Waals surface area contributed by atoms with E-state index in [0.717, 1.165) is 19.6 Å². The van der Waals surface area contributed by atoms with E-state index in [4.69, 9.17) is 15.0 Å². The van der Waals surface area contributed by atoms with Gasteiger partial charge in [0.25, 0.3) is 5.89 Å². The summed E-state index contributed by atoms with van der Waals surface area (Å²) in [6.07, 6.45) is 1.48. The second-order valence-corrected chi connectivity index (χ2v) is 4.65. The van der Waals surface area contributed by atoms with Crippen molar-refractivity contribution in [2.45, 2.75) is 13.0 Å². The average molecular weight is 275 g/mol. The van der Waals surface area contributed by atoms with Crippen LogP contribution in [0.4, 0.5) is 5.69 Å². The van der Waals surface area contributed by atoms with Gasteiger partial charge in [0.05, 0.1) is 12.3 Å². The topological polar surface area (TPSA) is 90.3 Å². The number of pyridine rings is 1. The molecule has 3 heterocycles. The number of morpholine rings is 1. The van der Waals surface area contributed by atoms with Crippen LogP contribution in [0.1, 0.15) is 18.9 Å². The van der Waals surface area contributed by atoms with Crippen molar-refractivity contribution in [2.24, 2.45) is 0 Å². The molecule has 0 bridgehead atoms. The van der Waals surface area contributed by atoms with Gasteiger partial charge in [-0.25, -0.2) is 4.98 Å². The first-order valence-electron chi connectivity index (χ1n) is 6.66. The monoisotopic (exact) mass is 275 g/mol. The van der Waals surface area contributed by atoms with Crippen LogP contribution in [-0.2, 0) is 4.74 Å². The molecule has 0 aliphatic carbocycles. The summed E-state index contributed by atoms with van der Waals surface area (Å²) in [5.74, 6) is 0.874. The maximum atomic E-state index is 5.85. The van der Waals surface area contributed by atoms with Gasteiger partial charge in [0, 0.05) is 19.3 Å². The van der Waals surface area contributed by atoms with Crippen molar-refractivity contribution >= 4 is 5.69 Å². The van der Waals surface area contributed by atoms with Gasteiger partial charge < -0.3 is 15.0 Å². The Labute approximate surface area is 116 Å². The van der Waals surface area contributed by atoms with Crippen LogP contribution in [-0.4, -0.2) is 46.3 Å². The van der Waals surface area contributed by atoms with E-state index in [0.29, 0.717) is 29.7 Å². The first kappa shape index (κ1) is 13.0. The zero-order valence-electron chi connectivity index (χ0n) is 11.3. The van der Waals surface area contributed by atoms with Crippen LogP contribution in [0.5, 0.6) is 0 Å². The third-order valence-electron chi connectivity index (χ3n) is 3.37. The molecule has 106 valence electrons. The van der Waals surface area contributed by atoms with Crippen molar-refractivity contribution < 1.29 is 9.26 Å². The molecule has 1 fully saturated rings. The first-order chi connectivity index (χ1) is 9.78. The molecule has 0 saturated carbocycles. The fraction of sp³-hybridized carbons (Fsp3) is 0.462. The van der Waals surface area contributed by atoms with Crippen molar-refractivity contribution in [3.63, 3.8) is 0 Å². The van der Waals surface area contributed by atoms with Crippen molar-refractivity contribution in [3.05, 3.63) is 24.2 Å². The van der Waals surface area contributed by atoms with E-state index < -0.39 is 0 Å². The highest BCUT2D eigenvalue weighted by molar-refractivity contribution is 5.65. The predicted molar refractivity (Wildman–Crippen MR) is 72.7 cm³/mol. The molecule has 1 atom stereocenters. The summed E-state index contributed by atoms with van der Waals surface area (Å²) in [5, 5.41) is 3.99. The largest absolute Gasteiger partial charge is 0.397 e. The van der Waals surface area contributed by atoms with E-state index in [2.05, 4.69) is 26.9 Å². The molecule has 0 amide bonds. The number of rotatable bonds is 3. The molecule has 1 saturated heterocycles. The third-order valence-corrected chi connectivity index (χ3v) is 3.37. The minimum atomic E-state index is -0.161. The molecule has 2 aromatic heterocycles. The molecule has 0 radical (unpaired) electrons. The van der Waals surface area contributed by atoms with Gasteiger partial charge in [0.15, 0.2) is 5.69 Å². The van der Waals surface area contributed by atoms with E-state index in [9.17, 15) is 0 Å². The quantitative estimate of drug-likeness (QED) is 0.897. The van der Waals surface area contributed by atoms with E-state index in [1.807, 2.05) is 0 Å². The SMILES string of the molecule is CCN1CCOC(c2noc(-c3ncccc3N)n2)C1. The van der Waals surface area contributed by atoms with Gasteiger partial charge in [-0.15, -0.1) is 0 Å². The van der Waals surface area contributed by atoms with Crippen LogP contribution in [0.15, 0.2) is 22.9 Å². The lowest BCUT2D eigenvalue weighted by Gasteiger charge is -2.30. The number of likely N-dealkylation sites (N-methyl/N-ethyl adjacent to an activating group) is 1. The molecule has 7 nitrogen and oxygen atoms in total. The Morgan fingerprint density at radius 3 is 3.20 bits per heavy atom. The highest BCUT2D eigenvalue weighted by atomic mass is 16.5. The van der Waals surface area contributed by atoms with Gasteiger partial charge in [0.1, 0.15) is 6.10 Å².